The van der Waals surface area contributed by atoms with Gasteiger partial charge < -0.3 is 47.1 Å². The highest BCUT2D eigenvalue weighted by atomic mass is 16.4. The number of phenolic OH excluding ortho intramolecular Hbond substituents is 1. The zero-order valence-corrected chi connectivity index (χ0v) is 21.7. The first-order valence-corrected chi connectivity index (χ1v) is 12.5. The Morgan fingerprint density at radius 2 is 1.52 bits per heavy atom. The summed E-state index contributed by atoms with van der Waals surface area (Å²) in [6, 6.07) is 7.67. The van der Waals surface area contributed by atoms with Crippen LogP contribution in [0.5, 0.6) is 5.75 Å². The quantitative estimate of drug-likeness (QED) is 0.124. The van der Waals surface area contributed by atoms with E-state index in [9.17, 15) is 39.6 Å². The first kappa shape index (κ1) is 30.1. The molecule has 5 atom stereocenters. The number of hydrogen-bond donors (Lipinski definition) is 9. The van der Waals surface area contributed by atoms with Crippen molar-refractivity contribution in [3.8, 4) is 5.75 Å². The molecule has 0 radical (unpaired) electrons. The fourth-order valence-electron chi connectivity index (χ4n) is 4.09. The van der Waals surface area contributed by atoms with Crippen molar-refractivity contribution in [3.05, 3.63) is 65.9 Å². The Balaban J connectivity index is 1.71. The van der Waals surface area contributed by atoms with E-state index in [-0.39, 0.29) is 18.6 Å². The van der Waals surface area contributed by atoms with Crippen molar-refractivity contribution in [2.45, 2.75) is 50.0 Å². The van der Waals surface area contributed by atoms with Gasteiger partial charge in [-0.2, -0.15) is 0 Å². The molecule has 3 amide bonds. The third-order valence-electron chi connectivity index (χ3n) is 6.32. The lowest BCUT2D eigenvalue weighted by Gasteiger charge is -2.25. The molecule has 0 spiro atoms. The van der Waals surface area contributed by atoms with E-state index in [2.05, 4.69) is 20.9 Å². The molecule has 0 bridgehead atoms. The average molecular weight is 556 g/mol. The highest BCUT2D eigenvalue weighted by Gasteiger charge is 2.32. The molecule has 13 heteroatoms. The highest BCUT2D eigenvalue weighted by Crippen LogP contribution is 2.19. The Labute approximate surface area is 229 Å². The number of carboxylic acids is 1. The molecule has 0 saturated carbocycles. The van der Waals surface area contributed by atoms with Crippen LogP contribution in [0.15, 0.2) is 54.7 Å². The average Bonchev–Trinajstić information content (AvgIpc) is 3.32. The van der Waals surface area contributed by atoms with Crippen molar-refractivity contribution < 1.29 is 39.6 Å². The van der Waals surface area contributed by atoms with Gasteiger partial charge in [-0.15, -0.1) is 0 Å². The van der Waals surface area contributed by atoms with Gasteiger partial charge in [-0.05, 0) is 42.7 Å². The van der Waals surface area contributed by atoms with Gasteiger partial charge >= 0.3 is 5.97 Å². The molecule has 10 N–H and O–H groups in total. The zero-order valence-electron chi connectivity index (χ0n) is 21.7. The summed E-state index contributed by atoms with van der Waals surface area (Å²) in [7, 11) is 0. The number of fused-ring (bicyclic) bond motifs is 1. The van der Waals surface area contributed by atoms with E-state index in [1.165, 1.54) is 31.2 Å². The van der Waals surface area contributed by atoms with E-state index in [1.807, 2.05) is 24.3 Å². The molecule has 0 saturated heterocycles. The number of para-hydroxylation sites is 1. The number of aromatic nitrogens is 1. The Bertz CT molecular complexity index is 1340. The molecule has 1 heterocycles. The van der Waals surface area contributed by atoms with Crippen molar-refractivity contribution >= 4 is 34.6 Å². The number of nitrogens with two attached hydrogens (primary N) is 1. The highest BCUT2D eigenvalue weighted by molar-refractivity contribution is 5.94. The predicted molar refractivity (Wildman–Crippen MR) is 144 cm³/mol. The van der Waals surface area contributed by atoms with Gasteiger partial charge in [0.2, 0.25) is 17.7 Å². The van der Waals surface area contributed by atoms with Crippen LogP contribution in [0, 0.1) is 0 Å². The van der Waals surface area contributed by atoms with Gasteiger partial charge in [-0.25, -0.2) is 4.79 Å². The van der Waals surface area contributed by atoms with Gasteiger partial charge in [0.25, 0.3) is 0 Å². The maximum absolute atomic E-state index is 13.0. The van der Waals surface area contributed by atoms with Gasteiger partial charge in [0, 0.05) is 23.5 Å². The molecule has 2 aromatic carbocycles. The number of amides is 3. The van der Waals surface area contributed by atoms with Crippen molar-refractivity contribution in [3.63, 3.8) is 0 Å². The number of hydrogen-bond acceptors (Lipinski definition) is 8. The van der Waals surface area contributed by atoms with Crippen LogP contribution in [0.3, 0.4) is 0 Å². The molecule has 0 aliphatic rings. The Morgan fingerprint density at radius 1 is 0.900 bits per heavy atom. The maximum Gasteiger partial charge on any atom is 0.328 e. The van der Waals surface area contributed by atoms with Crippen LogP contribution in [0.1, 0.15) is 18.1 Å². The van der Waals surface area contributed by atoms with Crippen molar-refractivity contribution in [1.29, 1.82) is 0 Å². The molecule has 0 aliphatic carbocycles. The van der Waals surface area contributed by atoms with E-state index in [0.29, 0.717) is 5.56 Å². The molecule has 3 rings (SSSR count). The first-order chi connectivity index (χ1) is 19.0. The second-order valence-electron chi connectivity index (χ2n) is 9.41. The third-order valence-corrected chi connectivity index (χ3v) is 6.32. The standard InChI is InChI=1S/C27H33N5O8/c1-14(34)23(27(39)40)32-25(37)21(10-15-6-8-17(35)9-7-15)30-26(38)22(13-33)31-24(36)19(28)11-16-12-29-20-5-3-2-4-18(16)20/h2-9,12,14,19,21-23,29,33-35H,10-11,13,28H2,1H3,(H,30,38)(H,31,36)(H,32,37)(H,39,40). The van der Waals surface area contributed by atoms with Crippen LogP contribution in [-0.2, 0) is 32.0 Å². The fraction of sp³-hybridized carbons (Fsp3) is 0.333. The van der Waals surface area contributed by atoms with E-state index < -0.39 is 60.6 Å². The largest absolute Gasteiger partial charge is 0.508 e. The summed E-state index contributed by atoms with van der Waals surface area (Å²) in [4.78, 5) is 53.3. The number of carbonyl (C=O) groups is 4. The van der Waals surface area contributed by atoms with Crippen LogP contribution < -0.4 is 21.7 Å². The molecular weight excluding hydrogens is 522 g/mol. The van der Waals surface area contributed by atoms with E-state index in [1.54, 1.807) is 6.20 Å². The summed E-state index contributed by atoms with van der Waals surface area (Å²) < 4.78 is 0. The predicted octanol–water partition coefficient (Wildman–Crippen LogP) is -1.10. The molecule has 3 aromatic rings. The number of phenols is 1. The summed E-state index contributed by atoms with van der Waals surface area (Å²) in [6.45, 7) is 0.375. The summed E-state index contributed by atoms with van der Waals surface area (Å²) in [5, 5.41) is 46.3. The van der Waals surface area contributed by atoms with E-state index in [0.717, 1.165) is 16.5 Å². The molecule has 5 unspecified atom stereocenters. The second-order valence-corrected chi connectivity index (χ2v) is 9.41. The fourth-order valence-corrected chi connectivity index (χ4v) is 4.09. The molecule has 13 nitrogen and oxygen atoms in total. The zero-order chi connectivity index (χ0) is 29.4. The molecule has 0 fully saturated rings. The van der Waals surface area contributed by atoms with Crippen molar-refractivity contribution in [1.82, 2.24) is 20.9 Å². The summed E-state index contributed by atoms with van der Waals surface area (Å²) in [6.07, 6.45) is 0.320. The van der Waals surface area contributed by atoms with Crippen LogP contribution >= 0.6 is 0 Å². The van der Waals surface area contributed by atoms with Gasteiger partial charge in [0.05, 0.1) is 18.8 Å². The van der Waals surface area contributed by atoms with Crippen molar-refractivity contribution in [2.75, 3.05) is 6.61 Å². The maximum atomic E-state index is 13.0. The number of aliphatic hydroxyl groups excluding tert-OH is 2. The van der Waals surface area contributed by atoms with Gasteiger partial charge in [-0.3, -0.25) is 14.4 Å². The van der Waals surface area contributed by atoms with Crippen LogP contribution in [-0.4, -0.2) is 86.0 Å². The van der Waals surface area contributed by atoms with Gasteiger partial charge in [0.15, 0.2) is 6.04 Å². The third kappa shape index (κ3) is 7.79. The van der Waals surface area contributed by atoms with Crippen LogP contribution in [0.25, 0.3) is 10.9 Å². The number of carbonyl (C=O) groups excluding carboxylic acids is 3. The number of rotatable bonds is 13. The van der Waals surface area contributed by atoms with E-state index >= 15 is 0 Å². The topological polar surface area (TPSA) is 227 Å². The smallest absolute Gasteiger partial charge is 0.328 e. The summed E-state index contributed by atoms with van der Waals surface area (Å²) in [5.41, 5.74) is 8.25. The molecule has 40 heavy (non-hydrogen) atoms. The van der Waals surface area contributed by atoms with Crippen molar-refractivity contribution in [2.24, 2.45) is 5.73 Å². The number of nitrogens with one attached hydrogen (secondary N) is 4. The Hall–Kier alpha value is -4.46. The number of aromatic amines is 1. The normalized spacial score (nSPS) is 14.9. The molecule has 1 aromatic heterocycles. The number of H-pyrrole nitrogens is 1. The number of benzene rings is 2. The van der Waals surface area contributed by atoms with Gasteiger partial charge in [-0.1, -0.05) is 30.3 Å². The number of aromatic hydroxyl groups is 1. The summed E-state index contributed by atoms with van der Waals surface area (Å²) >= 11 is 0. The Morgan fingerprint density at radius 3 is 2.15 bits per heavy atom. The molecule has 214 valence electrons. The SMILES string of the molecule is CC(O)C(NC(=O)C(Cc1ccc(O)cc1)NC(=O)C(CO)NC(=O)C(N)Cc1c[nH]c2ccccc12)C(=O)O. The lowest BCUT2D eigenvalue weighted by atomic mass is 10.0. The van der Waals surface area contributed by atoms with Crippen LogP contribution in [0.4, 0.5) is 0 Å². The van der Waals surface area contributed by atoms with Gasteiger partial charge in [0.1, 0.15) is 17.8 Å². The first-order valence-electron chi connectivity index (χ1n) is 12.5. The minimum atomic E-state index is -1.65. The number of carboxylic acid groups (broad SMARTS) is 1. The minimum absolute atomic E-state index is 0.0270. The lowest BCUT2D eigenvalue weighted by molar-refractivity contribution is -0.145. The minimum Gasteiger partial charge on any atom is -0.508 e. The number of aliphatic hydroxyl groups is 2. The molecular formula is C27H33N5O8. The monoisotopic (exact) mass is 555 g/mol. The number of aliphatic carboxylic acids is 1. The Kier molecular flexibility index (Phi) is 10.2. The summed E-state index contributed by atoms with van der Waals surface area (Å²) in [5.74, 6) is -4.06. The van der Waals surface area contributed by atoms with Crippen LogP contribution in [0.2, 0.25) is 0 Å². The van der Waals surface area contributed by atoms with E-state index in [4.69, 9.17) is 5.73 Å². The lowest BCUT2D eigenvalue weighted by Crippen LogP contribution is -2.59. The molecule has 0 aliphatic heterocycles. The second kappa shape index (κ2) is 13.6.